The largest absolute Gasteiger partial charge is 0.0616 e. The molecule has 0 nitrogen and oxygen atoms in total. The number of benzene rings is 6. The van der Waals surface area contributed by atoms with Crippen LogP contribution < -0.4 is 0 Å². The molecule has 31 heavy (non-hydrogen) atoms. The van der Waals surface area contributed by atoms with E-state index < -0.39 is 0 Å². The first-order valence-corrected chi connectivity index (χ1v) is 11.3. The molecule has 0 heterocycles. The van der Waals surface area contributed by atoms with E-state index in [9.17, 15) is 0 Å². The molecule has 0 atom stereocenters. The van der Waals surface area contributed by atoms with Crippen LogP contribution in [0.1, 0.15) is 0 Å². The Kier molecular flexibility index (Phi) is 4.36. The minimum Gasteiger partial charge on any atom is -0.0616 e. The van der Waals surface area contributed by atoms with E-state index in [4.69, 9.17) is 0 Å². The molecule has 0 N–H and O–H groups in total. The third kappa shape index (κ3) is 3.13. The maximum Gasteiger partial charge on any atom is 0.0181 e. The van der Waals surface area contributed by atoms with Gasteiger partial charge < -0.3 is 0 Å². The number of hydrogen-bond donors (Lipinski definition) is 0. The second kappa shape index (κ2) is 7.37. The van der Waals surface area contributed by atoms with Crippen LogP contribution in [0.3, 0.4) is 0 Å². The molecular weight excluding hydrogens is 440 g/mol. The van der Waals surface area contributed by atoms with Gasteiger partial charge in [-0.2, -0.15) is 0 Å². The zero-order chi connectivity index (χ0) is 20.8. The Balaban J connectivity index is 1.59. The summed E-state index contributed by atoms with van der Waals surface area (Å²) in [6.07, 6.45) is 0. The molecule has 146 valence electrons. The van der Waals surface area contributed by atoms with Crippen LogP contribution in [0.4, 0.5) is 0 Å². The van der Waals surface area contributed by atoms with Crippen molar-refractivity contribution in [3.05, 3.63) is 120 Å². The van der Waals surface area contributed by atoms with E-state index in [0.717, 1.165) is 4.47 Å². The molecule has 0 saturated carbocycles. The topological polar surface area (TPSA) is 0 Å². The Hall–Kier alpha value is -3.42. The van der Waals surface area contributed by atoms with Gasteiger partial charge in [-0.1, -0.05) is 107 Å². The summed E-state index contributed by atoms with van der Waals surface area (Å²) in [4.78, 5) is 0. The van der Waals surface area contributed by atoms with Gasteiger partial charge in [-0.15, -0.1) is 0 Å². The standard InChI is InChI=1S/C30H19Br/c31-24-10-6-9-22(18-24)20-7-5-8-21(17-20)23-15-16-29-27-13-2-1-11-25(27)26-12-3-4-14-28(26)30(29)19-23/h1-19H. The molecule has 0 aliphatic carbocycles. The van der Waals surface area contributed by atoms with Gasteiger partial charge in [0.05, 0.1) is 0 Å². The van der Waals surface area contributed by atoms with Crippen LogP contribution in [0, 0.1) is 0 Å². The van der Waals surface area contributed by atoms with Crippen molar-refractivity contribution in [1.29, 1.82) is 0 Å². The highest BCUT2D eigenvalue weighted by atomic mass is 79.9. The number of hydrogen-bond acceptors (Lipinski definition) is 0. The number of fused-ring (bicyclic) bond motifs is 6. The predicted octanol–water partition coefficient (Wildman–Crippen LogP) is 9.24. The molecule has 0 aromatic heterocycles. The lowest BCUT2D eigenvalue weighted by molar-refractivity contribution is 1.58. The zero-order valence-electron chi connectivity index (χ0n) is 16.8. The Morgan fingerprint density at radius 1 is 0.323 bits per heavy atom. The van der Waals surface area contributed by atoms with Crippen LogP contribution in [-0.2, 0) is 0 Å². The Labute approximate surface area is 189 Å². The first-order chi connectivity index (χ1) is 15.3. The Bertz CT molecular complexity index is 1560. The van der Waals surface area contributed by atoms with Crippen molar-refractivity contribution < 1.29 is 0 Å². The van der Waals surface area contributed by atoms with Gasteiger partial charge in [0.1, 0.15) is 0 Å². The fourth-order valence-electron chi connectivity index (χ4n) is 4.63. The SMILES string of the molecule is Brc1cccc(-c2cccc(-c3ccc4c5ccccc5c5ccccc5c4c3)c2)c1. The second-order valence-electron chi connectivity index (χ2n) is 7.94. The third-order valence-corrected chi connectivity index (χ3v) is 6.59. The Morgan fingerprint density at radius 3 is 1.35 bits per heavy atom. The van der Waals surface area contributed by atoms with Crippen molar-refractivity contribution in [2.75, 3.05) is 0 Å². The molecule has 0 spiro atoms. The molecule has 6 rings (SSSR count). The van der Waals surface area contributed by atoms with Crippen molar-refractivity contribution in [1.82, 2.24) is 0 Å². The van der Waals surface area contributed by atoms with E-state index in [-0.39, 0.29) is 0 Å². The second-order valence-corrected chi connectivity index (χ2v) is 8.86. The van der Waals surface area contributed by atoms with E-state index >= 15 is 0 Å². The average molecular weight is 459 g/mol. The molecule has 0 aliphatic heterocycles. The van der Waals surface area contributed by atoms with Gasteiger partial charge in [0.25, 0.3) is 0 Å². The quantitative estimate of drug-likeness (QED) is 0.226. The summed E-state index contributed by atoms with van der Waals surface area (Å²) in [6.45, 7) is 0. The first-order valence-electron chi connectivity index (χ1n) is 10.5. The normalized spacial score (nSPS) is 11.4. The number of rotatable bonds is 2. The molecule has 0 aliphatic rings. The maximum absolute atomic E-state index is 3.59. The van der Waals surface area contributed by atoms with Crippen LogP contribution >= 0.6 is 15.9 Å². The van der Waals surface area contributed by atoms with E-state index in [0.29, 0.717) is 0 Å². The van der Waals surface area contributed by atoms with Crippen LogP contribution in [0.25, 0.3) is 54.6 Å². The van der Waals surface area contributed by atoms with Crippen molar-refractivity contribution >= 4 is 48.2 Å². The fraction of sp³-hybridized carbons (Fsp3) is 0. The van der Waals surface area contributed by atoms with Gasteiger partial charge >= 0.3 is 0 Å². The molecule has 0 saturated heterocycles. The summed E-state index contributed by atoms with van der Waals surface area (Å²) >= 11 is 3.59. The van der Waals surface area contributed by atoms with Crippen molar-refractivity contribution in [3.8, 4) is 22.3 Å². The predicted molar refractivity (Wildman–Crippen MR) is 138 cm³/mol. The van der Waals surface area contributed by atoms with Crippen LogP contribution in [0.5, 0.6) is 0 Å². The van der Waals surface area contributed by atoms with Gasteiger partial charge in [-0.05, 0) is 78.8 Å². The minimum absolute atomic E-state index is 1.10. The molecule has 0 fully saturated rings. The molecule has 0 radical (unpaired) electrons. The summed E-state index contributed by atoms with van der Waals surface area (Å²) in [5, 5.41) is 7.85. The van der Waals surface area contributed by atoms with Gasteiger partial charge in [0.2, 0.25) is 0 Å². The highest BCUT2D eigenvalue weighted by Crippen LogP contribution is 2.37. The monoisotopic (exact) mass is 458 g/mol. The molecule has 6 aromatic carbocycles. The van der Waals surface area contributed by atoms with Gasteiger partial charge in [-0.25, -0.2) is 0 Å². The summed E-state index contributed by atoms with van der Waals surface area (Å²) in [7, 11) is 0. The van der Waals surface area contributed by atoms with Crippen LogP contribution in [0.15, 0.2) is 120 Å². The Morgan fingerprint density at radius 2 is 0.774 bits per heavy atom. The van der Waals surface area contributed by atoms with E-state index in [1.54, 1.807) is 0 Å². The summed E-state index contributed by atoms with van der Waals surface area (Å²) < 4.78 is 1.10. The van der Waals surface area contributed by atoms with E-state index in [2.05, 4.69) is 131 Å². The minimum atomic E-state index is 1.10. The molecule has 6 aromatic rings. The third-order valence-electron chi connectivity index (χ3n) is 6.10. The summed E-state index contributed by atoms with van der Waals surface area (Å²) in [5.41, 5.74) is 4.91. The smallest absolute Gasteiger partial charge is 0.0181 e. The lowest BCUT2D eigenvalue weighted by Crippen LogP contribution is -1.85. The summed E-state index contributed by atoms with van der Waals surface area (Å²) in [6, 6.07) is 41.6. The van der Waals surface area contributed by atoms with Crippen LogP contribution in [-0.4, -0.2) is 0 Å². The number of halogens is 1. The van der Waals surface area contributed by atoms with Crippen molar-refractivity contribution in [2.24, 2.45) is 0 Å². The van der Waals surface area contributed by atoms with Crippen LogP contribution in [0.2, 0.25) is 0 Å². The van der Waals surface area contributed by atoms with Crippen molar-refractivity contribution in [2.45, 2.75) is 0 Å². The lowest BCUT2D eigenvalue weighted by atomic mass is 9.91. The highest BCUT2D eigenvalue weighted by molar-refractivity contribution is 9.10. The maximum atomic E-state index is 3.59. The molecule has 0 amide bonds. The molecule has 1 heteroatoms. The zero-order valence-corrected chi connectivity index (χ0v) is 18.4. The molecule has 0 bridgehead atoms. The first kappa shape index (κ1) is 18.4. The molecular formula is C30H19Br. The van der Waals surface area contributed by atoms with E-state index in [1.165, 1.54) is 54.6 Å². The summed E-state index contributed by atoms with van der Waals surface area (Å²) in [5.74, 6) is 0. The average Bonchev–Trinajstić information content (AvgIpc) is 2.84. The van der Waals surface area contributed by atoms with Crippen molar-refractivity contribution in [3.63, 3.8) is 0 Å². The molecule has 0 unspecified atom stereocenters. The lowest BCUT2D eigenvalue weighted by Gasteiger charge is -2.12. The van der Waals surface area contributed by atoms with Gasteiger partial charge in [-0.3, -0.25) is 0 Å². The van der Waals surface area contributed by atoms with E-state index in [1.807, 2.05) is 0 Å². The highest BCUT2D eigenvalue weighted by Gasteiger charge is 2.10. The van der Waals surface area contributed by atoms with Gasteiger partial charge in [0.15, 0.2) is 0 Å². The fourth-order valence-corrected chi connectivity index (χ4v) is 5.03. The van der Waals surface area contributed by atoms with Gasteiger partial charge in [0, 0.05) is 4.47 Å².